The summed E-state index contributed by atoms with van der Waals surface area (Å²) in [7, 11) is 0. The van der Waals surface area contributed by atoms with Crippen LogP contribution in [-0.4, -0.2) is 41.4 Å². The van der Waals surface area contributed by atoms with Gasteiger partial charge in [-0.25, -0.2) is 4.79 Å². The van der Waals surface area contributed by atoms with Crippen LogP contribution in [0.3, 0.4) is 0 Å². The van der Waals surface area contributed by atoms with E-state index in [9.17, 15) is 14.4 Å². The zero-order valence-electron chi connectivity index (χ0n) is 14.2. The first kappa shape index (κ1) is 16.5. The summed E-state index contributed by atoms with van der Waals surface area (Å²) in [6, 6.07) is 5.54. The van der Waals surface area contributed by atoms with Gasteiger partial charge in [0, 0.05) is 13.1 Å². The van der Waals surface area contributed by atoms with Crippen molar-refractivity contribution in [2.24, 2.45) is 0 Å². The van der Waals surface area contributed by atoms with Gasteiger partial charge in [-0.2, -0.15) is 0 Å². The predicted molar refractivity (Wildman–Crippen MR) is 89.2 cm³/mol. The lowest BCUT2D eigenvalue weighted by atomic mass is 9.88. The van der Waals surface area contributed by atoms with Crippen molar-refractivity contribution in [2.45, 2.75) is 45.1 Å². The molecule has 2 amide bonds. The lowest BCUT2D eigenvalue weighted by Gasteiger charge is -2.33. The molecule has 0 spiro atoms. The van der Waals surface area contributed by atoms with Gasteiger partial charge in [0.25, 0.3) is 11.7 Å². The monoisotopic (exact) mass is 330 g/mol. The molecule has 0 atom stereocenters. The second-order valence-electron chi connectivity index (χ2n) is 7.33. The van der Waals surface area contributed by atoms with Crippen LogP contribution in [0.5, 0.6) is 0 Å². The molecule has 6 nitrogen and oxygen atoms in total. The number of Topliss-reactive ketones (excluding diaryl/α,β-unsaturated/α-hetero) is 1. The van der Waals surface area contributed by atoms with Crippen molar-refractivity contribution in [1.82, 2.24) is 4.90 Å². The van der Waals surface area contributed by atoms with E-state index >= 15 is 0 Å². The number of nitrogens with one attached hydrogen (secondary N) is 1. The van der Waals surface area contributed by atoms with E-state index < -0.39 is 17.3 Å². The molecule has 128 valence electrons. The van der Waals surface area contributed by atoms with E-state index in [1.807, 2.05) is 32.9 Å². The second-order valence-corrected chi connectivity index (χ2v) is 7.33. The van der Waals surface area contributed by atoms with Gasteiger partial charge >= 0.3 is 6.09 Å². The summed E-state index contributed by atoms with van der Waals surface area (Å²) in [6.45, 7) is 6.82. The Morgan fingerprint density at radius 1 is 1.21 bits per heavy atom. The number of carbonyl (C=O) groups is 3. The van der Waals surface area contributed by atoms with Crippen molar-refractivity contribution in [2.75, 3.05) is 18.4 Å². The Bertz CT molecular complexity index is 697. The molecule has 1 aromatic carbocycles. The fourth-order valence-corrected chi connectivity index (χ4v) is 3.14. The maximum absolute atomic E-state index is 12.1. The van der Waals surface area contributed by atoms with Crippen LogP contribution >= 0.6 is 0 Å². The summed E-state index contributed by atoms with van der Waals surface area (Å²) in [4.78, 5) is 37.1. The SMILES string of the molecule is CC(C)(C)OC(=O)N1CCC(c2ccc3c(c2)C(=O)C(=O)N3)CC1. The summed E-state index contributed by atoms with van der Waals surface area (Å²) < 4.78 is 5.40. The van der Waals surface area contributed by atoms with Crippen molar-refractivity contribution in [1.29, 1.82) is 0 Å². The smallest absolute Gasteiger partial charge is 0.410 e. The molecule has 0 unspecified atom stereocenters. The Hall–Kier alpha value is -2.37. The summed E-state index contributed by atoms with van der Waals surface area (Å²) in [5.74, 6) is -0.766. The molecular weight excluding hydrogens is 308 g/mol. The van der Waals surface area contributed by atoms with E-state index in [1.165, 1.54) is 0 Å². The van der Waals surface area contributed by atoms with Crippen LogP contribution in [0.2, 0.25) is 0 Å². The number of ether oxygens (including phenoxy) is 1. The van der Waals surface area contributed by atoms with Gasteiger partial charge in [0.05, 0.1) is 11.3 Å². The molecule has 2 aliphatic rings. The number of hydrogen-bond acceptors (Lipinski definition) is 4. The minimum Gasteiger partial charge on any atom is -0.444 e. The third-order valence-corrected chi connectivity index (χ3v) is 4.36. The van der Waals surface area contributed by atoms with Gasteiger partial charge in [-0.15, -0.1) is 0 Å². The number of benzene rings is 1. The quantitative estimate of drug-likeness (QED) is 0.803. The molecule has 0 radical (unpaired) electrons. The van der Waals surface area contributed by atoms with Gasteiger partial charge in [-0.3, -0.25) is 9.59 Å². The first-order chi connectivity index (χ1) is 11.2. The highest BCUT2D eigenvalue weighted by atomic mass is 16.6. The number of carbonyl (C=O) groups excluding carboxylic acids is 3. The number of nitrogens with zero attached hydrogens (tertiary/aromatic N) is 1. The lowest BCUT2D eigenvalue weighted by Crippen LogP contribution is -2.41. The van der Waals surface area contributed by atoms with E-state index in [4.69, 9.17) is 4.74 Å². The van der Waals surface area contributed by atoms with Crippen LogP contribution < -0.4 is 5.32 Å². The zero-order chi connectivity index (χ0) is 17.5. The number of ketones is 1. The van der Waals surface area contributed by atoms with Gasteiger partial charge in [0.2, 0.25) is 0 Å². The Balaban J connectivity index is 1.65. The summed E-state index contributed by atoms with van der Waals surface area (Å²) in [6.07, 6.45) is 1.35. The highest BCUT2D eigenvalue weighted by molar-refractivity contribution is 6.51. The fraction of sp³-hybridized carbons (Fsp3) is 0.500. The first-order valence-corrected chi connectivity index (χ1v) is 8.22. The van der Waals surface area contributed by atoms with Crippen molar-refractivity contribution >= 4 is 23.5 Å². The van der Waals surface area contributed by atoms with Crippen LogP contribution in [0.4, 0.5) is 10.5 Å². The molecule has 0 aromatic heterocycles. The number of hydrogen-bond donors (Lipinski definition) is 1. The van der Waals surface area contributed by atoms with Crippen LogP contribution in [0.1, 0.15) is 55.5 Å². The number of likely N-dealkylation sites (tertiary alicyclic amines) is 1. The molecule has 6 heteroatoms. The third-order valence-electron chi connectivity index (χ3n) is 4.36. The standard InChI is InChI=1S/C18H22N2O4/c1-18(2,3)24-17(23)20-8-6-11(7-9-20)12-4-5-14-13(10-12)15(21)16(22)19-14/h4-5,10-11H,6-9H2,1-3H3,(H,19,21,22). The average Bonchev–Trinajstić information content (AvgIpc) is 2.80. The molecule has 3 rings (SSSR count). The second kappa shape index (κ2) is 5.92. The van der Waals surface area contributed by atoms with Crippen molar-refractivity contribution < 1.29 is 19.1 Å². The Labute approximate surface area is 141 Å². The molecule has 1 saturated heterocycles. The van der Waals surface area contributed by atoms with Crippen molar-refractivity contribution in [3.8, 4) is 0 Å². The van der Waals surface area contributed by atoms with Gasteiger partial charge in [-0.1, -0.05) is 6.07 Å². The Morgan fingerprint density at radius 3 is 2.50 bits per heavy atom. The maximum Gasteiger partial charge on any atom is 0.410 e. The molecule has 0 saturated carbocycles. The van der Waals surface area contributed by atoms with Gasteiger partial charge in [0.15, 0.2) is 0 Å². The summed E-state index contributed by atoms with van der Waals surface area (Å²) >= 11 is 0. The topological polar surface area (TPSA) is 75.7 Å². The van der Waals surface area contributed by atoms with Crippen molar-refractivity contribution in [3.05, 3.63) is 29.3 Å². The third kappa shape index (κ3) is 3.27. The van der Waals surface area contributed by atoms with Gasteiger partial charge in [-0.05, 0) is 57.2 Å². The van der Waals surface area contributed by atoms with Crippen molar-refractivity contribution in [3.63, 3.8) is 0 Å². The van der Waals surface area contributed by atoms with E-state index in [2.05, 4.69) is 5.32 Å². The molecule has 1 fully saturated rings. The van der Waals surface area contributed by atoms with E-state index in [1.54, 1.807) is 11.0 Å². The number of piperidine rings is 1. The first-order valence-electron chi connectivity index (χ1n) is 8.22. The average molecular weight is 330 g/mol. The molecule has 0 bridgehead atoms. The Kier molecular flexibility index (Phi) is 4.07. The lowest BCUT2D eigenvalue weighted by molar-refractivity contribution is -0.112. The predicted octanol–water partition coefficient (Wildman–Crippen LogP) is 2.94. The van der Waals surface area contributed by atoms with E-state index in [-0.39, 0.29) is 12.0 Å². The molecular formula is C18H22N2O4. The normalized spacial score (nSPS) is 18.4. The Morgan fingerprint density at radius 2 is 1.88 bits per heavy atom. The minimum atomic E-state index is -0.568. The molecule has 1 N–H and O–H groups in total. The molecule has 2 heterocycles. The zero-order valence-corrected chi connectivity index (χ0v) is 14.2. The summed E-state index contributed by atoms with van der Waals surface area (Å²) in [5.41, 5.74) is 1.59. The number of anilines is 1. The van der Waals surface area contributed by atoms with Gasteiger partial charge < -0.3 is 15.0 Å². The largest absolute Gasteiger partial charge is 0.444 e. The van der Waals surface area contributed by atoms with Crippen LogP contribution in [0.15, 0.2) is 18.2 Å². The molecule has 1 aromatic rings. The summed E-state index contributed by atoms with van der Waals surface area (Å²) in [5, 5.41) is 2.56. The van der Waals surface area contributed by atoms with Crippen LogP contribution in [0.25, 0.3) is 0 Å². The minimum absolute atomic E-state index is 0.275. The van der Waals surface area contributed by atoms with Gasteiger partial charge in [0.1, 0.15) is 5.60 Å². The number of fused-ring (bicyclic) bond motifs is 1. The fourth-order valence-electron chi connectivity index (χ4n) is 3.14. The number of amides is 2. The molecule has 0 aliphatic carbocycles. The highest BCUT2D eigenvalue weighted by Crippen LogP contribution is 2.32. The highest BCUT2D eigenvalue weighted by Gasteiger charge is 2.31. The molecule has 2 aliphatic heterocycles. The van der Waals surface area contributed by atoms with Crippen LogP contribution in [-0.2, 0) is 9.53 Å². The molecule has 24 heavy (non-hydrogen) atoms. The van der Waals surface area contributed by atoms with E-state index in [0.29, 0.717) is 24.3 Å². The van der Waals surface area contributed by atoms with Crippen LogP contribution in [0, 0.1) is 0 Å². The maximum atomic E-state index is 12.1. The van der Waals surface area contributed by atoms with E-state index in [0.717, 1.165) is 18.4 Å². The number of rotatable bonds is 1.